The molecule has 7 heteroatoms. The molecule has 2 aromatic rings. The molecule has 6 nitrogen and oxygen atoms in total. The molecule has 0 aliphatic carbocycles. The number of rotatable bonds is 6. The van der Waals surface area contributed by atoms with Gasteiger partial charge in [0, 0.05) is 37.7 Å². The van der Waals surface area contributed by atoms with Gasteiger partial charge in [0.2, 0.25) is 10.0 Å². The lowest BCUT2D eigenvalue weighted by Crippen LogP contribution is -2.27. The van der Waals surface area contributed by atoms with Crippen molar-refractivity contribution in [3.63, 3.8) is 0 Å². The Kier molecular flexibility index (Phi) is 5.11. The molecule has 2 aromatic heterocycles. The van der Waals surface area contributed by atoms with Crippen LogP contribution in [0.3, 0.4) is 0 Å². The summed E-state index contributed by atoms with van der Waals surface area (Å²) in [6.45, 7) is 3.89. The molecule has 128 valence electrons. The summed E-state index contributed by atoms with van der Waals surface area (Å²) in [6.07, 6.45) is 6.00. The Morgan fingerprint density at radius 3 is 2.50 bits per heavy atom. The summed E-state index contributed by atoms with van der Waals surface area (Å²) in [7, 11) is -3.39. The molecule has 3 rings (SSSR count). The number of sulfonamides is 1. The minimum atomic E-state index is -3.39. The molecular weight excluding hydrogens is 324 g/mol. The van der Waals surface area contributed by atoms with E-state index in [-0.39, 0.29) is 4.90 Å². The predicted molar refractivity (Wildman–Crippen MR) is 93.4 cm³/mol. The minimum Gasteiger partial charge on any atom is -0.370 e. The van der Waals surface area contributed by atoms with Crippen molar-refractivity contribution in [2.45, 2.75) is 31.1 Å². The van der Waals surface area contributed by atoms with Crippen molar-refractivity contribution in [3.8, 4) is 0 Å². The van der Waals surface area contributed by atoms with E-state index in [2.05, 4.69) is 21.4 Å². The van der Waals surface area contributed by atoms with Crippen molar-refractivity contribution in [1.82, 2.24) is 14.3 Å². The molecule has 0 radical (unpaired) electrons. The second-order valence-corrected chi connectivity index (χ2v) is 7.91. The van der Waals surface area contributed by atoms with E-state index in [1.807, 2.05) is 19.2 Å². The van der Waals surface area contributed by atoms with Gasteiger partial charge in [0.25, 0.3) is 0 Å². The van der Waals surface area contributed by atoms with Gasteiger partial charge in [-0.05, 0) is 49.9 Å². The van der Waals surface area contributed by atoms with E-state index in [0.717, 1.165) is 37.1 Å². The number of anilines is 1. The van der Waals surface area contributed by atoms with Gasteiger partial charge < -0.3 is 5.32 Å². The summed E-state index contributed by atoms with van der Waals surface area (Å²) in [5.41, 5.74) is 2.16. The predicted octanol–water partition coefficient (Wildman–Crippen LogP) is 2.22. The smallest absolute Gasteiger partial charge is 0.244 e. The Labute approximate surface area is 143 Å². The van der Waals surface area contributed by atoms with E-state index in [1.165, 1.54) is 10.5 Å². The molecule has 1 aliphatic heterocycles. The molecule has 1 fully saturated rings. The number of hydrogen-bond donors (Lipinski definition) is 1. The van der Waals surface area contributed by atoms with Crippen LogP contribution < -0.4 is 5.32 Å². The third kappa shape index (κ3) is 3.91. The van der Waals surface area contributed by atoms with Crippen LogP contribution in [0, 0.1) is 6.92 Å². The summed E-state index contributed by atoms with van der Waals surface area (Å²) in [5, 5.41) is 3.21. The number of aryl methyl sites for hydroxylation is 1. The summed E-state index contributed by atoms with van der Waals surface area (Å²) in [5.74, 6) is 0.676. The third-order valence-electron chi connectivity index (χ3n) is 4.13. The fourth-order valence-corrected chi connectivity index (χ4v) is 4.16. The maximum absolute atomic E-state index is 12.4. The van der Waals surface area contributed by atoms with Crippen LogP contribution in [0.2, 0.25) is 0 Å². The Bertz CT molecular complexity index is 767. The molecule has 3 heterocycles. The fraction of sp³-hybridized carbons (Fsp3) is 0.412. The number of pyridine rings is 2. The van der Waals surface area contributed by atoms with Crippen molar-refractivity contribution in [1.29, 1.82) is 0 Å². The van der Waals surface area contributed by atoms with Gasteiger partial charge in [0.05, 0.1) is 0 Å². The fourth-order valence-electron chi connectivity index (χ4n) is 2.70. The average molecular weight is 346 g/mol. The SMILES string of the molecule is Cc1ccc(CCNc2ccc(S(=O)(=O)N3CCCC3)cn2)cn1. The first-order valence-electron chi connectivity index (χ1n) is 8.17. The first kappa shape index (κ1) is 16.9. The van der Waals surface area contributed by atoms with Gasteiger partial charge in [-0.15, -0.1) is 0 Å². The van der Waals surface area contributed by atoms with Gasteiger partial charge >= 0.3 is 0 Å². The molecule has 0 atom stereocenters. The summed E-state index contributed by atoms with van der Waals surface area (Å²) in [6, 6.07) is 7.39. The van der Waals surface area contributed by atoms with Crippen LogP contribution in [0.4, 0.5) is 5.82 Å². The van der Waals surface area contributed by atoms with Gasteiger partial charge in [-0.2, -0.15) is 4.31 Å². The molecule has 0 aromatic carbocycles. The Hall–Kier alpha value is -1.99. The average Bonchev–Trinajstić information content (AvgIpc) is 3.13. The highest BCUT2D eigenvalue weighted by Gasteiger charge is 2.27. The summed E-state index contributed by atoms with van der Waals surface area (Å²) < 4.78 is 26.4. The van der Waals surface area contributed by atoms with Gasteiger partial charge in [-0.25, -0.2) is 13.4 Å². The maximum atomic E-state index is 12.4. The highest BCUT2D eigenvalue weighted by molar-refractivity contribution is 7.89. The normalized spacial score (nSPS) is 15.5. The zero-order valence-corrected chi connectivity index (χ0v) is 14.6. The zero-order valence-electron chi connectivity index (χ0n) is 13.8. The molecule has 24 heavy (non-hydrogen) atoms. The van der Waals surface area contributed by atoms with Crippen LogP contribution in [-0.4, -0.2) is 42.3 Å². The van der Waals surface area contributed by atoms with Crippen molar-refractivity contribution in [2.24, 2.45) is 0 Å². The van der Waals surface area contributed by atoms with Crippen LogP contribution in [0.5, 0.6) is 0 Å². The van der Waals surface area contributed by atoms with Crippen LogP contribution in [0.15, 0.2) is 41.6 Å². The molecule has 0 saturated carbocycles. The quantitative estimate of drug-likeness (QED) is 0.868. The minimum absolute atomic E-state index is 0.262. The van der Waals surface area contributed by atoms with Crippen LogP contribution in [0.25, 0.3) is 0 Å². The second kappa shape index (κ2) is 7.27. The molecule has 0 amide bonds. The first-order chi connectivity index (χ1) is 11.6. The van der Waals surface area contributed by atoms with Crippen LogP contribution >= 0.6 is 0 Å². The number of nitrogens with zero attached hydrogens (tertiary/aromatic N) is 3. The first-order valence-corrected chi connectivity index (χ1v) is 9.61. The van der Waals surface area contributed by atoms with Gasteiger partial charge in [0.15, 0.2) is 0 Å². The van der Waals surface area contributed by atoms with Crippen molar-refractivity contribution < 1.29 is 8.42 Å². The lowest BCUT2D eigenvalue weighted by molar-refractivity contribution is 0.477. The third-order valence-corrected chi connectivity index (χ3v) is 6.01. The Morgan fingerprint density at radius 2 is 1.88 bits per heavy atom. The lowest BCUT2D eigenvalue weighted by atomic mass is 10.2. The molecule has 1 N–H and O–H groups in total. The van der Waals surface area contributed by atoms with E-state index in [0.29, 0.717) is 18.9 Å². The molecule has 0 unspecified atom stereocenters. The van der Waals surface area contributed by atoms with Gasteiger partial charge in [-0.3, -0.25) is 4.98 Å². The monoisotopic (exact) mass is 346 g/mol. The van der Waals surface area contributed by atoms with E-state index in [1.54, 1.807) is 12.1 Å². The lowest BCUT2D eigenvalue weighted by Gasteiger charge is -2.15. The molecular formula is C17H22N4O2S. The Balaban J connectivity index is 1.57. The highest BCUT2D eigenvalue weighted by Crippen LogP contribution is 2.20. The standard InChI is InChI=1S/C17H22N4O2S/c1-14-4-5-15(12-19-14)8-9-18-17-7-6-16(13-20-17)24(22,23)21-10-2-3-11-21/h4-7,12-13H,2-3,8-11H2,1H3,(H,18,20). The van der Waals surface area contributed by atoms with Gasteiger partial charge in [-0.1, -0.05) is 6.07 Å². The van der Waals surface area contributed by atoms with E-state index < -0.39 is 10.0 Å². The van der Waals surface area contributed by atoms with Crippen molar-refractivity contribution in [2.75, 3.05) is 25.0 Å². The number of aromatic nitrogens is 2. The molecule has 1 saturated heterocycles. The van der Waals surface area contributed by atoms with Crippen molar-refractivity contribution >= 4 is 15.8 Å². The molecule has 1 aliphatic rings. The van der Waals surface area contributed by atoms with Gasteiger partial charge in [0.1, 0.15) is 10.7 Å². The molecule has 0 bridgehead atoms. The number of hydrogen-bond acceptors (Lipinski definition) is 5. The summed E-state index contributed by atoms with van der Waals surface area (Å²) in [4.78, 5) is 8.76. The van der Waals surface area contributed by atoms with Crippen LogP contribution in [0.1, 0.15) is 24.1 Å². The number of nitrogens with one attached hydrogen (secondary N) is 1. The van der Waals surface area contributed by atoms with E-state index in [9.17, 15) is 8.42 Å². The van der Waals surface area contributed by atoms with Crippen LogP contribution in [-0.2, 0) is 16.4 Å². The zero-order chi connectivity index (χ0) is 17.0. The van der Waals surface area contributed by atoms with Crippen molar-refractivity contribution in [3.05, 3.63) is 47.9 Å². The second-order valence-electron chi connectivity index (χ2n) is 5.97. The van der Waals surface area contributed by atoms with E-state index in [4.69, 9.17) is 0 Å². The van der Waals surface area contributed by atoms with E-state index >= 15 is 0 Å². The Morgan fingerprint density at radius 1 is 1.08 bits per heavy atom. The molecule has 0 spiro atoms. The maximum Gasteiger partial charge on any atom is 0.244 e. The summed E-state index contributed by atoms with van der Waals surface area (Å²) >= 11 is 0. The topological polar surface area (TPSA) is 75.2 Å². The largest absolute Gasteiger partial charge is 0.370 e. The highest BCUT2D eigenvalue weighted by atomic mass is 32.2.